The number of hydrogen-bond donors (Lipinski definition) is 3. The van der Waals surface area contributed by atoms with Crippen LogP contribution in [0.1, 0.15) is 33.1 Å². The lowest BCUT2D eigenvalue weighted by Crippen LogP contribution is -2.58. The van der Waals surface area contributed by atoms with Crippen molar-refractivity contribution in [3.8, 4) is 0 Å². The maximum atomic E-state index is 12.0. The third kappa shape index (κ3) is 3.20. The minimum absolute atomic E-state index is 0.0947. The molecule has 1 unspecified atom stereocenters. The number of hydrogen-bond acceptors (Lipinski definition) is 4. The van der Waals surface area contributed by atoms with Crippen LogP contribution in [0.5, 0.6) is 0 Å². The molecule has 1 heterocycles. The first-order valence-corrected chi connectivity index (χ1v) is 6.22. The summed E-state index contributed by atoms with van der Waals surface area (Å²) in [6.45, 7) is 4.43. The normalized spacial score (nSPS) is 21.9. The van der Waals surface area contributed by atoms with E-state index in [-0.39, 0.29) is 12.5 Å². The van der Waals surface area contributed by atoms with Gasteiger partial charge >= 0.3 is 5.97 Å². The minimum Gasteiger partial charge on any atom is -0.481 e. The lowest BCUT2D eigenvalue weighted by molar-refractivity contribution is -0.148. The Bertz CT molecular complexity index is 326. The number of nitrogens with one attached hydrogen (secondary N) is 1. The van der Waals surface area contributed by atoms with E-state index in [1.54, 1.807) is 13.8 Å². The van der Waals surface area contributed by atoms with Crippen LogP contribution in [0.3, 0.4) is 0 Å². The van der Waals surface area contributed by atoms with Crippen molar-refractivity contribution >= 4 is 11.9 Å². The van der Waals surface area contributed by atoms with Gasteiger partial charge in [-0.2, -0.15) is 0 Å². The fraction of sp³-hybridized carbons (Fsp3) is 0.833. The maximum absolute atomic E-state index is 12.0. The average Bonchev–Trinajstić information content (AvgIpc) is 2.36. The van der Waals surface area contributed by atoms with E-state index < -0.39 is 16.9 Å². The van der Waals surface area contributed by atoms with E-state index >= 15 is 0 Å². The van der Waals surface area contributed by atoms with Crippen LogP contribution in [-0.4, -0.2) is 42.3 Å². The topological polar surface area (TPSA) is 102 Å². The first kappa shape index (κ1) is 14.9. The molecule has 6 heteroatoms. The van der Waals surface area contributed by atoms with Gasteiger partial charge in [-0.25, -0.2) is 0 Å². The molecule has 0 aromatic rings. The van der Waals surface area contributed by atoms with Crippen molar-refractivity contribution < 1.29 is 19.4 Å². The molecule has 0 aliphatic carbocycles. The highest BCUT2D eigenvalue weighted by Crippen LogP contribution is 2.22. The van der Waals surface area contributed by atoms with Crippen molar-refractivity contribution in [3.05, 3.63) is 0 Å². The Labute approximate surface area is 107 Å². The van der Waals surface area contributed by atoms with Crippen LogP contribution in [0, 0.1) is 5.41 Å². The van der Waals surface area contributed by atoms with Gasteiger partial charge in [0.1, 0.15) is 0 Å². The van der Waals surface area contributed by atoms with Gasteiger partial charge in [0, 0.05) is 19.8 Å². The summed E-state index contributed by atoms with van der Waals surface area (Å²) in [6, 6.07) is 0. The molecule has 4 N–H and O–H groups in total. The van der Waals surface area contributed by atoms with Crippen LogP contribution < -0.4 is 11.1 Å². The molecule has 6 nitrogen and oxygen atoms in total. The Balaban J connectivity index is 2.57. The lowest BCUT2D eigenvalue weighted by atomic mass is 9.86. The van der Waals surface area contributed by atoms with Crippen LogP contribution in [0.2, 0.25) is 0 Å². The van der Waals surface area contributed by atoms with Gasteiger partial charge in [0.25, 0.3) is 0 Å². The Morgan fingerprint density at radius 3 is 2.44 bits per heavy atom. The summed E-state index contributed by atoms with van der Waals surface area (Å²) in [5.41, 5.74) is 4.14. The van der Waals surface area contributed by atoms with Crippen LogP contribution >= 0.6 is 0 Å². The molecule has 1 atom stereocenters. The smallest absolute Gasteiger partial charge is 0.311 e. The largest absolute Gasteiger partial charge is 0.481 e. The van der Waals surface area contributed by atoms with Gasteiger partial charge in [-0.1, -0.05) is 6.92 Å². The number of carboxylic acid groups (broad SMARTS) is 1. The van der Waals surface area contributed by atoms with E-state index in [1.807, 2.05) is 0 Å². The minimum atomic E-state index is -0.947. The Kier molecular flexibility index (Phi) is 4.70. The van der Waals surface area contributed by atoms with Crippen LogP contribution in [0.25, 0.3) is 0 Å². The highest BCUT2D eigenvalue weighted by molar-refractivity contribution is 5.86. The molecule has 1 aliphatic rings. The second kappa shape index (κ2) is 5.67. The Hall–Kier alpha value is -1.14. The third-order valence-corrected chi connectivity index (χ3v) is 3.77. The molecule has 1 saturated heterocycles. The molecule has 0 saturated carbocycles. The molecular weight excluding hydrogens is 236 g/mol. The number of ether oxygens (including phenoxy) is 1. The monoisotopic (exact) mass is 258 g/mol. The van der Waals surface area contributed by atoms with Gasteiger partial charge in [0.15, 0.2) is 0 Å². The summed E-state index contributed by atoms with van der Waals surface area (Å²) in [4.78, 5) is 23.1. The predicted octanol–water partition coefficient (Wildman–Crippen LogP) is 0.111. The number of aliphatic carboxylic acids is 1. The van der Waals surface area contributed by atoms with E-state index in [0.717, 1.165) is 0 Å². The second-order valence-corrected chi connectivity index (χ2v) is 5.17. The summed E-state index contributed by atoms with van der Waals surface area (Å²) < 4.78 is 5.17. The van der Waals surface area contributed by atoms with Crippen molar-refractivity contribution in [2.45, 2.75) is 38.6 Å². The molecule has 1 amide bonds. The number of carboxylic acids is 1. The number of amides is 1. The zero-order valence-electron chi connectivity index (χ0n) is 11.0. The summed E-state index contributed by atoms with van der Waals surface area (Å²) >= 11 is 0. The van der Waals surface area contributed by atoms with Crippen molar-refractivity contribution in [2.75, 3.05) is 19.8 Å². The molecule has 0 aromatic heterocycles. The van der Waals surface area contributed by atoms with Crippen LogP contribution in [-0.2, 0) is 14.3 Å². The lowest BCUT2D eigenvalue weighted by Gasteiger charge is -2.33. The van der Waals surface area contributed by atoms with E-state index in [0.29, 0.717) is 32.5 Å². The molecule has 104 valence electrons. The highest BCUT2D eigenvalue weighted by atomic mass is 16.5. The summed E-state index contributed by atoms with van der Waals surface area (Å²) in [5, 5.41) is 11.8. The summed E-state index contributed by atoms with van der Waals surface area (Å²) in [5.74, 6) is -1.20. The molecule has 0 bridgehead atoms. The van der Waals surface area contributed by atoms with Crippen molar-refractivity contribution in [1.82, 2.24) is 5.32 Å². The van der Waals surface area contributed by atoms with Crippen molar-refractivity contribution in [2.24, 2.45) is 11.1 Å². The van der Waals surface area contributed by atoms with Crippen molar-refractivity contribution in [3.63, 3.8) is 0 Å². The van der Waals surface area contributed by atoms with Crippen LogP contribution in [0.4, 0.5) is 0 Å². The molecule has 0 spiro atoms. The first-order valence-electron chi connectivity index (χ1n) is 6.22. The summed E-state index contributed by atoms with van der Waals surface area (Å²) in [7, 11) is 0. The fourth-order valence-electron chi connectivity index (χ4n) is 1.77. The SMILES string of the molecule is CCC(C)(CNC(=O)C1(N)CCOCC1)C(=O)O. The van der Waals surface area contributed by atoms with Gasteiger partial charge in [-0.3, -0.25) is 9.59 Å². The third-order valence-electron chi connectivity index (χ3n) is 3.77. The van der Waals surface area contributed by atoms with Crippen molar-refractivity contribution in [1.29, 1.82) is 0 Å². The molecule has 0 radical (unpaired) electrons. The van der Waals surface area contributed by atoms with E-state index in [1.165, 1.54) is 0 Å². The van der Waals surface area contributed by atoms with E-state index in [9.17, 15) is 9.59 Å². The molecule has 1 aliphatic heterocycles. The number of nitrogens with two attached hydrogens (primary N) is 1. The highest BCUT2D eigenvalue weighted by Gasteiger charge is 2.38. The average molecular weight is 258 g/mol. The van der Waals surface area contributed by atoms with E-state index in [2.05, 4.69) is 5.32 Å². The molecule has 1 fully saturated rings. The first-order chi connectivity index (χ1) is 8.34. The van der Waals surface area contributed by atoms with Gasteiger partial charge in [-0.05, 0) is 26.2 Å². The summed E-state index contributed by atoms with van der Waals surface area (Å²) in [6.07, 6.45) is 1.38. The number of carbonyl (C=O) groups excluding carboxylic acids is 1. The standard InChI is InChI=1S/C12H22N2O4/c1-3-11(2,10(16)17)8-14-9(15)12(13)4-6-18-7-5-12/h3-8,13H2,1-2H3,(H,14,15)(H,16,17). The predicted molar refractivity (Wildman–Crippen MR) is 66.0 cm³/mol. The molecule has 1 rings (SSSR count). The Morgan fingerprint density at radius 1 is 1.44 bits per heavy atom. The number of carbonyl (C=O) groups is 2. The quantitative estimate of drug-likeness (QED) is 0.649. The molecular formula is C12H22N2O4. The van der Waals surface area contributed by atoms with Gasteiger partial charge in [-0.15, -0.1) is 0 Å². The van der Waals surface area contributed by atoms with E-state index in [4.69, 9.17) is 15.6 Å². The van der Waals surface area contributed by atoms with Gasteiger partial charge in [0.05, 0.1) is 11.0 Å². The number of rotatable bonds is 5. The van der Waals surface area contributed by atoms with Crippen LogP contribution in [0.15, 0.2) is 0 Å². The molecule has 0 aromatic carbocycles. The zero-order chi connectivity index (χ0) is 13.8. The fourth-order valence-corrected chi connectivity index (χ4v) is 1.77. The van der Waals surface area contributed by atoms with Gasteiger partial charge in [0.2, 0.25) is 5.91 Å². The second-order valence-electron chi connectivity index (χ2n) is 5.17. The zero-order valence-corrected chi connectivity index (χ0v) is 11.0. The maximum Gasteiger partial charge on any atom is 0.311 e. The van der Waals surface area contributed by atoms with Gasteiger partial charge < -0.3 is 20.9 Å². The molecule has 18 heavy (non-hydrogen) atoms. The Morgan fingerprint density at radius 2 is 2.00 bits per heavy atom.